The van der Waals surface area contributed by atoms with E-state index in [1.807, 2.05) is 23.1 Å². The summed E-state index contributed by atoms with van der Waals surface area (Å²) in [5.41, 5.74) is 4.57. The molecule has 0 aliphatic carbocycles. The van der Waals surface area contributed by atoms with Crippen molar-refractivity contribution >= 4 is 35.0 Å². The number of anilines is 2. The van der Waals surface area contributed by atoms with E-state index in [2.05, 4.69) is 39.8 Å². The number of fused-ring (bicyclic) bond motifs is 2. The number of nitrogens with zero attached hydrogens (tertiary/aromatic N) is 2. The number of carbonyl (C=O) groups excluding carboxylic acids is 2. The summed E-state index contributed by atoms with van der Waals surface area (Å²) < 4.78 is 11.0. The first-order valence-corrected chi connectivity index (χ1v) is 11.6. The van der Waals surface area contributed by atoms with Crippen LogP contribution in [0.1, 0.15) is 49.8 Å². The van der Waals surface area contributed by atoms with Gasteiger partial charge in [0.05, 0.1) is 11.4 Å². The molecule has 2 atom stereocenters. The highest BCUT2D eigenvalue weighted by molar-refractivity contribution is 8.02. The van der Waals surface area contributed by atoms with Crippen molar-refractivity contribution in [1.29, 1.82) is 0 Å². The third-order valence-corrected chi connectivity index (χ3v) is 8.28. The van der Waals surface area contributed by atoms with E-state index in [1.54, 1.807) is 4.90 Å². The van der Waals surface area contributed by atoms with Gasteiger partial charge in [0.1, 0.15) is 0 Å². The normalized spacial score (nSPS) is 27.4. The number of aryl methyl sites for hydroxylation is 1. The number of thioether (sulfide) groups is 1. The summed E-state index contributed by atoms with van der Waals surface area (Å²) in [6, 6.07) is 9.76. The molecule has 2 unspecified atom stereocenters. The van der Waals surface area contributed by atoms with Crippen molar-refractivity contribution in [2.45, 2.75) is 50.4 Å². The van der Waals surface area contributed by atoms with Gasteiger partial charge in [-0.3, -0.25) is 14.5 Å². The molecule has 4 aliphatic rings. The quantitative estimate of drug-likeness (QED) is 0.668. The molecule has 0 saturated carbocycles. The van der Waals surface area contributed by atoms with Gasteiger partial charge in [-0.25, -0.2) is 0 Å². The second-order valence-corrected chi connectivity index (χ2v) is 10.7. The fourth-order valence-corrected chi connectivity index (χ4v) is 7.09. The van der Waals surface area contributed by atoms with Gasteiger partial charge in [-0.15, -0.1) is 11.8 Å². The first-order chi connectivity index (χ1) is 14.7. The minimum absolute atomic E-state index is 0.0280. The SMILES string of the molecule is Cc1cc2c3c(c1)C1(SCC(=O)N1c1ccc4c(c1)OCO4)C(=O)N3C(C)(C)CC2C. The lowest BCUT2D eigenvalue weighted by Crippen LogP contribution is -2.56. The molecule has 2 aromatic rings. The largest absolute Gasteiger partial charge is 0.454 e. The lowest BCUT2D eigenvalue weighted by molar-refractivity contribution is -0.124. The molecule has 0 radical (unpaired) electrons. The molecule has 1 spiro atoms. The second-order valence-electron chi connectivity index (χ2n) is 9.51. The third-order valence-electron chi connectivity index (χ3n) is 6.89. The number of hydrogen-bond donors (Lipinski definition) is 0. The maximum Gasteiger partial charge on any atom is 0.269 e. The van der Waals surface area contributed by atoms with Crippen molar-refractivity contribution in [3.05, 3.63) is 47.0 Å². The molecule has 31 heavy (non-hydrogen) atoms. The van der Waals surface area contributed by atoms with Gasteiger partial charge in [0.15, 0.2) is 11.5 Å². The Hall–Kier alpha value is -2.67. The first kappa shape index (κ1) is 19.0. The standard InChI is InChI=1S/C24H24N2O4S/c1-13-7-16-14(2)10-23(3,4)26-21(16)17(8-13)24(22(26)28)25(20(27)11-31-24)15-5-6-18-19(9-15)30-12-29-18/h5-9,14H,10-12H2,1-4H3. The highest BCUT2D eigenvalue weighted by Gasteiger charge is 2.64. The molecule has 1 saturated heterocycles. The number of ether oxygens (including phenoxy) is 2. The monoisotopic (exact) mass is 436 g/mol. The van der Waals surface area contributed by atoms with E-state index in [0.717, 1.165) is 23.2 Å². The van der Waals surface area contributed by atoms with E-state index in [-0.39, 0.29) is 29.9 Å². The summed E-state index contributed by atoms with van der Waals surface area (Å²) in [5.74, 6) is 1.75. The molecular weight excluding hydrogens is 412 g/mol. The van der Waals surface area contributed by atoms with Crippen LogP contribution in [-0.2, 0) is 14.5 Å². The van der Waals surface area contributed by atoms with Crippen LogP contribution in [0.3, 0.4) is 0 Å². The van der Waals surface area contributed by atoms with Crippen LogP contribution in [0.4, 0.5) is 11.4 Å². The highest BCUT2D eigenvalue weighted by atomic mass is 32.2. The van der Waals surface area contributed by atoms with E-state index < -0.39 is 4.87 Å². The van der Waals surface area contributed by atoms with Crippen LogP contribution in [0.2, 0.25) is 0 Å². The molecule has 1 fully saturated rings. The second kappa shape index (κ2) is 5.97. The van der Waals surface area contributed by atoms with Crippen LogP contribution in [0.25, 0.3) is 0 Å². The minimum Gasteiger partial charge on any atom is -0.454 e. The lowest BCUT2D eigenvalue weighted by Gasteiger charge is -2.44. The van der Waals surface area contributed by atoms with Gasteiger partial charge in [-0.1, -0.05) is 24.6 Å². The summed E-state index contributed by atoms with van der Waals surface area (Å²) in [7, 11) is 0. The molecule has 2 amide bonds. The summed E-state index contributed by atoms with van der Waals surface area (Å²) in [6.07, 6.45) is 0.882. The topological polar surface area (TPSA) is 59.1 Å². The van der Waals surface area contributed by atoms with Gasteiger partial charge in [-0.2, -0.15) is 0 Å². The Labute approximate surface area is 185 Å². The maximum absolute atomic E-state index is 14.3. The molecule has 7 heteroatoms. The van der Waals surface area contributed by atoms with Gasteiger partial charge in [0.25, 0.3) is 5.91 Å². The summed E-state index contributed by atoms with van der Waals surface area (Å²) in [4.78, 5) is 30.1. The molecule has 0 bridgehead atoms. The number of carbonyl (C=O) groups is 2. The van der Waals surface area contributed by atoms with Crippen molar-refractivity contribution < 1.29 is 19.1 Å². The predicted octanol–water partition coefficient (Wildman–Crippen LogP) is 4.29. The molecule has 6 rings (SSSR count). The van der Waals surface area contributed by atoms with Crippen molar-refractivity contribution in [2.24, 2.45) is 0 Å². The lowest BCUT2D eigenvalue weighted by atomic mass is 9.80. The van der Waals surface area contributed by atoms with E-state index in [0.29, 0.717) is 23.1 Å². The zero-order valence-corrected chi connectivity index (χ0v) is 18.8. The van der Waals surface area contributed by atoms with E-state index in [9.17, 15) is 9.59 Å². The molecule has 4 heterocycles. The number of hydrogen-bond acceptors (Lipinski definition) is 5. The minimum atomic E-state index is -1.10. The third kappa shape index (κ3) is 2.30. The van der Waals surface area contributed by atoms with Crippen molar-refractivity contribution in [3.8, 4) is 11.5 Å². The fourth-order valence-electron chi connectivity index (χ4n) is 5.76. The fraction of sp³-hybridized carbons (Fsp3) is 0.417. The van der Waals surface area contributed by atoms with Gasteiger partial charge in [0, 0.05) is 22.9 Å². The average Bonchev–Trinajstić information content (AvgIpc) is 3.37. The number of rotatable bonds is 1. The van der Waals surface area contributed by atoms with E-state index in [4.69, 9.17) is 9.47 Å². The summed E-state index contributed by atoms with van der Waals surface area (Å²) in [6.45, 7) is 8.71. The van der Waals surface area contributed by atoms with Crippen LogP contribution in [0, 0.1) is 6.92 Å². The Bertz CT molecular complexity index is 1180. The predicted molar refractivity (Wildman–Crippen MR) is 120 cm³/mol. The molecule has 6 nitrogen and oxygen atoms in total. The molecule has 0 N–H and O–H groups in total. The van der Waals surface area contributed by atoms with Gasteiger partial charge in [-0.05, 0) is 50.8 Å². The van der Waals surface area contributed by atoms with Crippen LogP contribution in [-0.4, -0.2) is 29.9 Å². The zero-order chi connectivity index (χ0) is 21.7. The van der Waals surface area contributed by atoms with Crippen LogP contribution < -0.4 is 19.3 Å². The van der Waals surface area contributed by atoms with Gasteiger partial charge in [0.2, 0.25) is 17.6 Å². The Morgan fingerprint density at radius 1 is 1.06 bits per heavy atom. The van der Waals surface area contributed by atoms with Gasteiger partial charge >= 0.3 is 0 Å². The van der Waals surface area contributed by atoms with Crippen LogP contribution in [0.15, 0.2) is 30.3 Å². The summed E-state index contributed by atoms with van der Waals surface area (Å²) >= 11 is 1.43. The number of amides is 2. The number of benzene rings is 2. The molecular formula is C24H24N2O4S. The van der Waals surface area contributed by atoms with Crippen LogP contribution in [0.5, 0.6) is 11.5 Å². The first-order valence-electron chi connectivity index (χ1n) is 10.6. The molecule has 160 valence electrons. The van der Waals surface area contributed by atoms with Crippen molar-refractivity contribution in [1.82, 2.24) is 0 Å². The maximum atomic E-state index is 14.3. The van der Waals surface area contributed by atoms with E-state index in [1.165, 1.54) is 17.3 Å². The zero-order valence-electron chi connectivity index (χ0n) is 18.0. The Morgan fingerprint density at radius 3 is 2.65 bits per heavy atom. The average molecular weight is 437 g/mol. The molecule has 0 aromatic heterocycles. The van der Waals surface area contributed by atoms with E-state index >= 15 is 0 Å². The Balaban J connectivity index is 1.61. The summed E-state index contributed by atoms with van der Waals surface area (Å²) in [5, 5.41) is 0. The van der Waals surface area contributed by atoms with Crippen LogP contribution >= 0.6 is 11.8 Å². The molecule has 4 aliphatic heterocycles. The van der Waals surface area contributed by atoms with Crippen molar-refractivity contribution in [2.75, 3.05) is 22.3 Å². The van der Waals surface area contributed by atoms with Gasteiger partial charge < -0.3 is 14.4 Å². The van der Waals surface area contributed by atoms with Crippen molar-refractivity contribution in [3.63, 3.8) is 0 Å². The highest BCUT2D eigenvalue weighted by Crippen LogP contribution is 2.61. The Morgan fingerprint density at radius 2 is 1.84 bits per heavy atom. The Kier molecular flexibility index (Phi) is 3.67. The smallest absolute Gasteiger partial charge is 0.269 e. The molecule has 2 aromatic carbocycles.